The summed E-state index contributed by atoms with van der Waals surface area (Å²) in [6, 6.07) is 14.3. The molecule has 27 heavy (non-hydrogen) atoms. The number of carbonyl (C=O) groups excluding carboxylic acids is 1. The van der Waals surface area contributed by atoms with Gasteiger partial charge >= 0.3 is 0 Å². The van der Waals surface area contributed by atoms with Gasteiger partial charge in [0.05, 0.1) is 14.2 Å². The number of anilines is 1. The van der Waals surface area contributed by atoms with Gasteiger partial charge in [0.2, 0.25) is 5.89 Å². The molecule has 0 bridgehead atoms. The second kappa shape index (κ2) is 8.66. The maximum Gasteiger partial charge on any atom is 0.279 e. The standard InChI is InChI=1S/C19H19ClN4O3/c1-24(11-17(25)21-15-7-9-16(26-2)10-8-15)12-18-22-23-19(27-18)13-3-5-14(20)6-4-13/h3-10H,11-12H2,1-2H3,(H,21,25)/p+1. The first-order valence-corrected chi connectivity index (χ1v) is 8.75. The number of hydrogen-bond donors (Lipinski definition) is 2. The minimum atomic E-state index is -0.102. The fourth-order valence-electron chi connectivity index (χ4n) is 2.51. The lowest BCUT2D eigenvalue weighted by Crippen LogP contribution is -3.08. The Labute approximate surface area is 161 Å². The lowest BCUT2D eigenvalue weighted by Gasteiger charge is -2.12. The molecule has 0 saturated heterocycles. The number of carbonyl (C=O) groups is 1. The number of halogens is 1. The zero-order chi connectivity index (χ0) is 19.2. The maximum absolute atomic E-state index is 12.2. The lowest BCUT2D eigenvalue weighted by atomic mass is 10.2. The summed E-state index contributed by atoms with van der Waals surface area (Å²) >= 11 is 5.88. The van der Waals surface area contributed by atoms with Crippen LogP contribution in [-0.2, 0) is 11.3 Å². The molecular weight excluding hydrogens is 368 g/mol. The summed E-state index contributed by atoms with van der Waals surface area (Å²) in [4.78, 5) is 13.1. The zero-order valence-electron chi connectivity index (χ0n) is 15.0. The fourth-order valence-corrected chi connectivity index (χ4v) is 2.63. The van der Waals surface area contributed by atoms with Gasteiger partial charge in [-0.15, -0.1) is 10.2 Å². The number of amides is 1. The van der Waals surface area contributed by atoms with Gasteiger partial charge in [-0.3, -0.25) is 4.79 Å². The van der Waals surface area contributed by atoms with E-state index >= 15 is 0 Å². The van der Waals surface area contributed by atoms with E-state index in [1.807, 2.05) is 19.2 Å². The number of ether oxygens (including phenoxy) is 1. The quantitative estimate of drug-likeness (QED) is 0.648. The van der Waals surface area contributed by atoms with Crippen LogP contribution in [0.2, 0.25) is 5.02 Å². The number of methoxy groups -OCH3 is 1. The van der Waals surface area contributed by atoms with Gasteiger partial charge in [-0.2, -0.15) is 0 Å². The molecule has 0 radical (unpaired) electrons. The Hall–Kier alpha value is -2.90. The van der Waals surface area contributed by atoms with Crippen molar-refractivity contribution >= 4 is 23.2 Å². The minimum absolute atomic E-state index is 0.102. The molecule has 0 aliphatic heterocycles. The molecule has 0 spiro atoms. The van der Waals surface area contributed by atoms with Gasteiger partial charge in [0.15, 0.2) is 13.1 Å². The predicted octanol–water partition coefficient (Wildman–Crippen LogP) is 2.05. The second-order valence-electron chi connectivity index (χ2n) is 6.10. The van der Waals surface area contributed by atoms with Crippen molar-refractivity contribution in [1.29, 1.82) is 0 Å². The summed E-state index contributed by atoms with van der Waals surface area (Å²) in [6.07, 6.45) is 0. The summed E-state index contributed by atoms with van der Waals surface area (Å²) in [5.74, 6) is 1.53. The Morgan fingerprint density at radius 3 is 2.52 bits per heavy atom. The van der Waals surface area contributed by atoms with Crippen molar-refractivity contribution in [2.45, 2.75) is 6.54 Å². The summed E-state index contributed by atoms with van der Waals surface area (Å²) in [6.45, 7) is 0.710. The van der Waals surface area contributed by atoms with E-state index in [-0.39, 0.29) is 12.5 Å². The van der Waals surface area contributed by atoms with Crippen LogP contribution in [0.5, 0.6) is 5.75 Å². The molecule has 0 fully saturated rings. The van der Waals surface area contributed by atoms with Crippen LogP contribution in [0, 0.1) is 0 Å². The van der Waals surface area contributed by atoms with Crippen LogP contribution in [0.1, 0.15) is 5.89 Å². The Balaban J connectivity index is 1.53. The highest BCUT2D eigenvalue weighted by Crippen LogP contribution is 2.20. The molecule has 0 aliphatic carbocycles. The molecule has 2 aromatic carbocycles. The van der Waals surface area contributed by atoms with Crippen molar-refractivity contribution < 1.29 is 18.8 Å². The summed E-state index contributed by atoms with van der Waals surface area (Å²) in [5.41, 5.74) is 1.52. The van der Waals surface area contributed by atoms with Crippen molar-refractivity contribution in [3.05, 3.63) is 59.4 Å². The molecule has 0 aliphatic rings. The summed E-state index contributed by atoms with van der Waals surface area (Å²) in [5, 5.41) is 11.6. The molecule has 3 rings (SSSR count). The third kappa shape index (κ3) is 5.29. The van der Waals surface area contributed by atoms with Crippen molar-refractivity contribution in [3.63, 3.8) is 0 Å². The third-order valence-electron chi connectivity index (χ3n) is 3.85. The van der Waals surface area contributed by atoms with Gasteiger partial charge in [-0.05, 0) is 48.5 Å². The number of aromatic nitrogens is 2. The van der Waals surface area contributed by atoms with Crippen LogP contribution in [-0.4, -0.2) is 36.8 Å². The average molecular weight is 388 g/mol. The van der Waals surface area contributed by atoms with Gasteiger partial charge in [0, 0.05) is 16.3 Å². The van der Waals surface area contributed by atoms with Crippen molar-refractivity contribution in [2.24, 2.45) is 0 Å². The average Bonchev–Trinajstić information content (AvgIpc) is 3.11. The second-order valence-corrected chi connectivity index (χ2v) is 6.53. The first-order valence-electron chi connectivity index (χ1n) is 8.37. The van der Waals surface area contributed by atoms with Gasteiger partial charge in [0.1, 0.15) is 5.75 Å². The van der Waals surface area contributed by atoms with E-state index in [0.29, 0.717) is 23.3 Å². The number of likely N-dealkylation sites (N-methyl/N-ethyl adjacent to an activating group) is 1. The molecule has 7 nitrogen and oxygen atoms in total. The van der Waals surface area contributed by atoms with Crippen LogP contribution in [0.4, 0.5) is 5.69 Å². The van der Waals surface area contributed by atoms with Crippen LogP contribution in [0.25, 0.3) is 11.5 Å². The SMILES string of the molecule is COc1ccc(NC(=O)C[NH+](C)Cc2nnc(-c3ccc(Cl)cc3)o2)cc1. The molecule has 8 heteroatoms. The smallest absolute Gasteiger partial charge is 0.279 e. The number of nitrogens with one attached hydrogen (secondary N) is 2. The van der Waals surface area contributed by atoms with Gasteiger partial charge < -0.3 is 19.4 Å². The molecule has 3 aromatic rings. The van der Waals surface area contributed by atoms with E-state index in [9.17, 15) is 4.79 Å². The molecule has 1 amide bonds. The number of nitrogens with zero attached hydrogens (tertiary/aromatic N) is 2. The Morgan fingerprint density at radius 1 is 1.15 bits per heavy atom. The molecule has 1 unspecified atom stereocenters. The molecule has 0 saturated carbocycles. The van der Waals surface area contributed by atoms with Crippen LogP contribution in [0.3, 0.4) is 0 Å². The zero-order valence-corrected chi connectivity index (χ0v) is 15.8. The van der Waals surface area contributed by atoms with Crippen molar-refractivity contribution in [2.75, 3.05) is 26.0 Å². The summed E-state index contributed by atoms with van der Waals surface area (Å²) < 4.78 is 10.8. The Bertz CT molecular complexity index is 894. The van der Waals surface area contributed by atoms with Crippen LogP contribution >= 0.6 is 11.6 Å². The predicted molar refractivity (Wildman–Crippen MR) is 102 cm³/mol. The van der Waals surface area contributed by atoms with Crippen LogP contribution < -0.4 is 15.0 Å². The molecule has 1 aromatic heterocycles. The number of rotatable bonds is 7. The highest BCUT2D eigenvalue weighted by Gasteiger charge is 2.16. The third-order valence-corrected chi connectivity index (χ3v) is 4.10. The molecule has 1 heterocycles. The van der Waals surface area contributed by atoms with Crippen LogP contribution in [0.15, 0.2) is 52.9 Å². The largest absolute Gasteiger partial charge is 0.497 e. The van der Waals surface area contributed by atoms with E-state index in [1.54, 1.807) is 43.5 Å². The molecule has 2 N–H and O–H groups in total. The van der Waals surface area contributed by atoms with E-state index < -0.39 is 0 Å². The Kier molecular flexibility index (Phi) is 6.05. The first kappa shape index (κ1) is 18.9. The first-order chi connectivity index (χ1) is 13.0. The van der Waals surface area contributed by atoms with Gasteiger partial charge in [-0.1, -0.05) is 11.6 Å². The molecule has 1 atom stereocenters. The van der Waals surface area contributed by atoms with E-state index in [0.717, 1.165) is 21.9 Å². The minimum Gasteiger partial charge on any atom is -0.497 e. The van der Waals surface area contributed by atoms with Gasteiger partial charge in [-0.25, -0.2) is 0 Å². The highest BCUT2D eigenvalue weighted by atomic mass is 35.5. The number of hydrogen-bond acceptors (Lipinski definition) is 5. The van der Waals surface area contributed by atoms with E-state index in [4.69, 9.17) is 20.8 Å². The maximum atomic E-state index is 12.2. The van der Waals surface area contributed by atoms with Crippen molar-refractivity contribution in [1.82, 2.24) is 10.2 Å². The highest BCUT2D eigenvalue weighted by molar-refractivity contribution is 6.30. The summed E-state index contributed by atoms with van der Waals surface area (Å²) in [7, 11) is 3.49. The molecule has 140 valence electrons. The lowest BCUT2D eigenvalue weighted by molar-refractivity contribution is -0.886. The fraction of sp³-hybridized carbons (Fsp3) is 0.211. The van der Waals surface area contributed by atoms with Gasteiger partial charge in [0.25, 0.3) is 11.8 Å². The topological polar surface area (TPSA) is 81.7 Å². The van der Waals surface area contributed by atoms with E-state index in [2.05, 4.69) is 15.5 Å². The normalized spacial score (nSPS) is 11.8. The monoisotopic (exact) mass is 387 g/mol. The van der Waals surface area contributed by atoms with Crippen molar-refractivity contribution in [3.8, 4) is 17.2 Å². The van der Waals surface area contributed by atoms with E-state index in [1.165, 1.54) is 0 Å². The number of benzene rings is 2. The molecular formula is C19H20ClN4O3+. The Morgan fingerprint density at radius 2 is 1.85 bits per heavy atom. The number of quaternary nitrogens is 1.